The molecule has 422 valence electrons. The van der Waals surface area contributed by atoms with Crippen molar-refractivity contribution >= 4 is 136 Å². The van der Waals surface area contributed by atoms with E-state index in [4.69, 9.17) is 4.42 Å². The van der Waals surface area contributed by atoms with Crippen LogP contribution in [-0.4, -0.2) is 4.57 Å². The lowest BCUT2D eigenvalue weighted by atomic mass is 9.80. The van der Waals surface area contributed by atoms with Crippen molar-refractivity contribution in [2.75, 3.05) is 9.80 Å². The molecule has 1 aliphatic rings. The van der Waals surface area contributed by atoms with Crippen LogP contribution in [0.15, 0.2) is 308 Å². The molecule has 0 amide bonds. The Morgan fingerprint density at radius 2 is 0.989 bits per heavy atom. The number of nitrogens with zero attached hydrogens (tertiary/aromatic N) is 3. The van der Waals surface area contributed by atoms with E-state index in [1.165, 1.54) is 85.8 Å². The Morgan fingerprint density at radius 1 is 0.416 bits per heavy atom. The van der Waals surface area contributed by atoms with Crippen LogP contribution < -0.4 is 9.80 Å². The number of hydrogen-bond acceptors (Lipinski definition) is 4. The molecule has 0 bridgehead atoms. The summed E-state index contributed by atoms with van der Waals surface area (Å²) in [4.78, 5) is 4.78. The van der Waals surface area contributed by atoms with Gasteiger partial charge in [0.15, 0.2) is 0 Å². The Bertz CT molecular complexity index is 5610. The van der Waals surface area contributed by atoms with Crippen LogP contribution in [-0.2, 0) is 5.41 Å². The maximum atomic E-state index is 6.67. The number of benzene rings is 13. The van der Waals surface area contributed by atoms with Crippen molar-refractivity contribution in [2.24, 2.45) is 0 Å². The van der Waals surface area contributed by atoms with Gasteiger partial charge in [0, 0.05) is 86.9 Å². The summed E-state index contributed by atoms with van der Waals surface area (Å²) in [5, 5.41) is 12.2. The van der Waals surface area contributed by atoms with Gasteiger partial charge in [0.05, 0.1) is 11.0 Å². The predicted molar refractivity (Wildman–Crippen MR) is 381 cm³/mol. The SMILES string of the molecule is C=CC1=C(/C=C\C)C(C)(C)c2ccc(-c3ccc4oc5cc(-c6ccc(N(c7ccc(N(c8ccccc8)c8ccc9sc%10c%11ccccc%11ccc%10c9c8)cc7)c7ccc8c9cc%10ccccc%10cc9n(-c9ccccc9)c8c7)cc6)ccc5c4c3)cc21. The molecule has 17 rings (SSSR count). The third-order valence-corrected chi connectivity index (χ3v) is 19.8. The minimum Gasteiger partial charge on any atom is -0.456 e. The number of rotatable bonds is 11. The van der Waals surface area contributed by atoms with Gasteiger partial charge in [-0.15, -0.1) is 11.3 Å². The molecule has 0 fully saturated rings. The molecule has 0 N–H and O–H groups in total. The van der Waals surface area contributed by atoms with E-state index in [0.717, 1.165) is 84.0 Å². The highest BCUT2D eigenvalue weighted by molar-refractivity contribution is 7.26. The highest BCUT2D eigenvalue weighted by atomic mass is 32.1. The second kappa shape index (κ2) is 20.6. The van der Waals surface area contributed by atoms with Gasteiger partial charge in [0.2, 0.25) is 0 Å². The first-order valence-corrected chi connectivity index (χ1v) is 31.4. The van der Waals surface area contributed by atoms with Crippen molar-refractivity contribution in [1.82, 2.24) is 4.57 Å². The Kier molecular flexibility index (Phi) is 12.1. The number of fused-ring (bicyclic) bond motifs is 13. The summed E-state index contributed by atoms with van der Waals surface area (Å²) in [6.07, 6.45) is 6.39. The highest BCUT2D eigenvalue weighted by Crippen LogP contribution is 2.50. The number of para-hydroxylation sites is 2. The minimum absolute atomic E-state index is 0.0999. The summed E-state index contributed by atoms with van der Waals surface area (Å²) in [5.41, 5.74) is 21.1. The molecule has 4 nitrogen and oxygen atoms in total. The molecule has 3 heterocycles. The first-order chi connectivity index (χ1) is 43.8. The van der Waals surface area contributed by atoms with Gasteiger partial charge in [-0.05, 0) is 206 Å². The van der Waals surface area contributed by atoms with Crippen molar-refractivity contribution in [2.45, 2.75) is 26.2 Å². The average molecular weight is 1160 g/mol. The third-order valence-electron chi connectivity index (χ3n) is 18.6. The fraction of sp³-hybridized carbons (Fsp3) is 0.0476. The van der Waals surface area contributed by atoms with Crippen LogP contribution in [0.2, 0.25) is 0 Å². The number of hydrogen-bond donors (Lipinski definition) is 0. The number of aromatic nitrogens is 1. The molecule has 0 aliphatic heterocycles. The molecule has 16 aromatic rings. The van der Waals surface area contributed by atoms with E-state index in [1.807, 2.05) is 17.4 Å². The molecule has 1 aliphatic carbocycles. The quantitative estimate of drug-likeness (QED) is 0.129. The first kappa shape index (κ1) is 52.4. The van der Waals surface area contributed by atoms with Gasteiger partial charge in [0.25, 0.3) is 0 Å². The van der Waals surface area contributed by atoms with Crippen LogP contribution in [0.3, 0.4) is 0 Å². The molecule has 0 saturated heterocycles. The maximum Gasteiger partial charge on any atom is 0.136 e. The van der Waals surface area contributed by atoms with Crippen LogP contribution in [0.5, 0.6) is 0 Å². The van der Waals surface area contributed by atoms with E-state index in [9.17, 15) is 0 Å². The molecule has 5 heteroatoms. The van der Waals surface area contributed by atoms with E-state index >= 15 is 0 Å². The predicted octanol–water partition coefficient (Wildman–Crippen LogP) is 24.4. The van der Waals surface area contributed by atoms with E-state index in [-0.39, 0.29) is 5.41 Å². The van der Waals surface area contributed by atoms with E-state index in [1.54, 1.807) is 0 Å². The van der Waals surface area contributed by atoms with Crippen molar-refractivity contribution in [3.8, 4) is 27.9 Å². The lowest BCUT2D eigenvalue weighted by Crippen LogP contribution is -2.16. The summed E-state index contributed by atoms with van der Waals surface area (Å²) >= 11 is 1.88. The Balaban J connectivity index is 0.768. The summed E-state index contributed by atoms with van der Waals surface area (Å²) in [7, 11) is 0. The van der Waals surface area contributed by atoms with Gasteiger partial charge in [-0.1, -0.05) is 178 Å². The minimum atomic E-state index is -0.0999. The second-order valence-corrected chi connectivity index (χ2v) is 25.1. The smallest absolute Gasteiger partial charge is 0.136 e. The molecule has 0 spiro atoms. The van der Waals surface area contributed by atoms with E-state index in [0.29, 0.717) is 0 Å². The van der Waals surface area contributed by atoms with Gasteiger partial charge in [0.1, 0.15) is 11.2 Å². The summed E-state index contributed by atoms with van der Waals surface area (Å²) in [6, 6.07) is 100. The van der Waals surface area contributed by atoms with Crippen LogP contribution in [0.1, 0.15) is 31.9 Å². The maximum absolute atomic E-state index is 6.67. The van der Waals surface area contributed by atoms with Crippen LogP contribution >= 0.6 is 11.3 Å². The molecule has 3 aromatic heterocycles. The van der Waals surface area contributed by atoms with Gasteiger partial charge in [-0.25, -0.2) is 0 Å². The topological polar surface area (TPSA) is 24.6 Å². The standard InChI is InChI=1S/C84H59N3OS/c1-5-17-76-67(6-2)72-46-57(30-43-77(72)84(76,3)4)58-31-44-80-74(48-58)70-40-29-59(50-81(70)88-80)53-26-32-62(33-27-53)86(66-38-42-69-73-47-55-19-13-14-20-56(55)49-78(73)87(79(69)52-66)61-23-11-8-12-24-61)64-36-34-63(35-37-64)85(60-21-9-7-10-22-60)65-39-45-82-75(51-65)71-41-28-54-18-15-16-25-68(54)83(71)89-82/h5-52H,2H2,1,3-4H3/b17-5-. The van der Waals surface area contributed by atoms with E-state index in [2.05, 4.69) is 327 Å². The lowest BCUT2D eigenvalue weighted by molar-refractivity contribution is 0.654. The summed E-state index contributed by atoms with van der Waals surface area (Å²) in [5.74, 6) is 0. The monoisotopic (exact) mass is 1160 g/mol. The summed E-state index contributed by atoms with van der Waals surface area (Å²) < 4.78 is 11.7. The Hall–Kier alpha value is -11.0. The molecular weight excluding hydrogens is 1100 g/mol. The molecular formula is C84H59N3OS. The normalized spacial score (nSPS) is 13.2. The van der Waals surface area contributed by atoms with Gasteiger partial charge in [-0.2, -0.15) is 0 Å². The van der Waals surface area contributed by atoms with Gasteiger partial charge in [-0.3, -0.25) is 0 Å². The zero-order valence-electron chi connectivity index (χ0n) is 49.6. The number of thiophene rings is 1. The number of anilines is 6. The lowest BCUT2D eigenvalue weighted by Gasteiger charge is -2.28. The zero-order chi connectivity index (χ0) is 59.5. The molecule has 0 saturated carbocycles. The molecule has 0 unspecified atom stereocenters. The van der Waals surface area contributed by atoms with Gasteiger partial charge >= 0.3 is 0 Å². The second-order valence-electron chi connectivity index (χ2n) is 24.0. The largest absolute Gasteiger partial charge is 0.456 e. The molecule has 0 radical (unpaired) electrons. The number of allylic oxidation sites excluding steroid dienone is 5. The molecule has 0 atom stereocenters. The van der Waals surface area contributed by atoms with Gasteiger partial charge < -0.3 is 18.8 Å². The molecule has 89 heavy (non-hydrogen) atoms. The fourth-order valence-electron chi connectivity index (χ4n) is 14.3. The van der Waals surface area contributed by atoms with Crippen LogP contribution in [0, 0.1) is 0 Å². The van der Waals surface area contributed by atoms with Crippen molar-refractivity contribution in [3.63, 3.8) is 0 Å². The highest BCUT2D eigenvalue weighted by Gasteiger charge is 2.35. The molecule has 13 aromatic carbocycles. The number of furan rings is 1. The van der Waals surface area contributed by atoms with Crippen LogP contribution in [0.4, 0.5) is 34.1 Å². The Labute approximate surface area is 520 Å². The fourth-order valence-corrected chi connectivity index (χ4v) is 15.5. The van der Waals surface area contributed by atoms with Crippen molar-refractivity contribution in [1.29, 1.82) is 0 Å². The average Bonchev–Trinajstić information content (AvgIpc) is 2.04. The Morgan fingerprint density at radius 3 is 1.74 bits per heavy atom. The van der Waals surface area contributed by atoms with Crippen LogP contribution in [0.25, 0.3) is 119 Å². The summed E-state index contributed by atoms with van der Waals surface area (Å²) in [6.45, 7) is 10.9. The van der Waals surface area contributed by atoms with Crippen molar-refractivity contribution < 1.29 is 4.42 Å². The third kappa shape index (κ3) is 8.49. The van der Waals surface area contributed by atoms with E-state index < -0.39 is 0 Å². The zero-order valence-corrected chi connectivity index (χ0v) is 50.4. The van der Waals surface area contributed by atoms with Crippen molar-refractivity contribution in [3.05, 3.63) is 314 Å². The first-order valence-electron chi connectivity index (χ1n) is 30.6.